The average molecular weight is 552 g/mol. The summed E-state index contributed by atoms with van der Waals surface area (Å²) in [6.07, 6.45) is 22.0. The van der Waals surface area contributed by atoms with Gasteiger partial charge in [0, 0.05) is 44.3 Å². The standard InChI is InChI=1S/C29H51BrN4O/c1-2-33-22-24-34(25-23-33)28-19-18-27(26-32-28)29(35)31-21-17-15-13-11-9-7-5-3-4-6-8-10-12-14-16-20-30/h18-19,26H,2-17,20-25H2,1H3,(H,31,35). The van der Waals surface area contributed by atoms with Gasteiger partial charge in [0.25, 0.3) is 5.91 Å². The molecule has 200 valence electrons. The van der Waals surface area contributed by atoms with Crippen LogP contribution in [0.3, 0.4) is 0 Å². The second-order valence-electron chi connectivity index (χ2n) is 10.1. The van der Waals surface area contributed by atoms with Crippen LogP contribution in [0.15, 0.2) is 18.3 Å². The Bertz CT molecular complexity index is 647. The molecule has 6 heteroatoms. The zero-order valence-corrected chi connectivity index (χ0v) is 24.0. The predicted molar refractivity (Wildman–Crippen MR) is 154 cm³/mol. The maximum Gasteiger partial charge on any atom is 0.252 e. The second kappa shape index (κ2) is 20.0. The maximum atomic E-state index is 12.4. The van der Waals surface area contributed by atoms with Crippen LogP contribution in [0.1, 0.15) is 114 Å². The van der Waals surface area contributed by atoms with Gasteiger partial charge in [0.2, 0.25) is 0 Å². The Balaban J connectivity index is 1.39. The zero-order valence-electron chi connectivity index (χ0n) is 22.4. The molecule has 2 rings (SSSR count). The first-order valence-corrected chi connectivity index (χ1v) is 15.6. The average Bonchev–Trinajstić information content (AvgIpc) is 2.90. The van der Waals surface area contributed by atoms with E-state index in [0.29, 0.717) is 5.56 Å². The highest BCUT2D eigenvalue weighted by molar-refractivity contribution is 9.09. The van der Waals surface area contributed by atoms with E-state index in [4.69, 9.17) is 0 Å². The second-order valence-corrected chi connectivity index (χ2v) is 10.9. The predicted octanol–water partition coefficient (Wildman–Crippen LogP) is 7.20. The first-order valence-electron chi connectivity index (χ1n) is 14.5. The molecule has 0 unspecified atom stereocenters. The van der Waals surface area contributed by atoms with E-state index in [2.05, 4.69) is 43.0 Å². The van der Waals surface area contributed by atoms with Gasteiger partial charge in [0.1, 0.15) is 5.82 Å². The molecule has 35 heavy (non-hydrogen) atoms. The first-order chi connectivity index (χ1) is 17.2. The van der Waals surface area contributed by atoms with Crippen molar-refractivity contribution in [1.29, 1.82) is 0 Å². The van der Waals surface area contributed by atoms with Crippen molar-refractivity contribution >= 4 is 27.7 Å². The van der Waals surface area contributed by atoms with Crippen LogP contribution in [0.25, 0.3) is 0 Å². The molecule has 1 amide bonds. The largest absolute Gasteiger partial charge is 0.354 e. The summed E-state index contributed by atoms with van der Waals surface area (Å²) >= 11 is 3.50. The fraction of sp³-hybridized carbons (Fsp3) is 0.793. The highest BCUT2D eigenvalue weighted by Gasteiger charge is 2.17. The molecule has 2 heterocycles. The highest BCUT2D eigenvalue weighted by Crippen LogP contribution is 2.15. The van der Waals surface area contributed by atoms with Crippen LogP contribution in [0.4, 0.5) is 5.82 Å². The Labute approximate surface area is 224 Å². The molecule has 1 aliphatic heterocycles. The van der Waals surface area contributed by atoms with Crippen molar-refractivity contribution in [2.75, 3.05) is 49.5 Å². The normalized spacial score (nSPS) is 14.4. The molecule has 0 bridgehead atoms. The molecular weight excluding hydrogens is 500 g/mol. The van der Waals surface area contributed by atoms with Crippen molar-refractivity contribution in [3.63, 3.8) is 0 Å². The summed E-state index contributed by atoms with van der Waals surface area (Å²) in [5.74, 6) is 0.979. The summed E-state index contributed by atoms with van der Waals surface area (Å²) in [4.78, 5) is 21.7. The number of nitrogens with zero attached hydrogens (tertiary/aromatic N) is 3. The molecule has 1 N–H and O–H groups in total. The van der Waals surface area contributed by atoms with Crippen LogP contribution in [-0.2, 0) is 0 Å². The third kappa shape index (κ3) is 13.7. The molecule has 1 aromatic heterocycles. The summed E-state index contributed by atoms with van der Waals surface area (Å²) in [6.45, 7) is 8.25. The summed E-state index contributed by atoms with van der Waals surface area (Å²) in [6, 6.07) is 3.90. The number of aromatic nitrogens is 1. The number of likely N-dealkylation sites (N-methyl/N-ethyl adjacent to an activating group) is 1. The van der Waals surface area contributed by atoms with Crippen LogP contribution in [0, 0.1) is 0 Å². The van der Waals surface area contributed by atoms with Crippen LogP contribution in [0.5, 0.6) is 0 Å². The van der Waals surface area contributed by atoms with Gasteiger partial charge in [-0.1, -0.05) is 106 Å². The van der Waals surface area contributed by atoms with E-state index in [1.165, 1.54) is 89.9 Å². The summed E-state index contributed by atoms with van der Waals surface area (Å²) < 4.78 is 0. The van der Waals surface area contributed by atoms with Crippen molar-refractivity contribution in [1.82, 2.24) is 15.2 Å². The molecular formula is C29H51BrN4O. The molecule has 0 aromatic carbocycles. The number of hydrogen-bond acceptors (Lipinski definition) is 4. The van der Waals surface area contributed by atoms with Gasteiger partial charge < -0.3 is 15.1 Å². The number of pyridine rings is 1. The fourth-order valence-corrected chi connectivity index (χ4v) is 5.22. The number of piperazine rings is 1. The quantitative estimate of drug-likeness (QED) is 0.138. The number of alkyl halides is 1. The van der Waals surface area contributed by atoms with Crippen LogP contribution in [0.2, 0.25) is 0 Å². The number of nitrogens with one attached hydrogen (secondary N) is 1. The molecule has 0 saturated carbocycles. The highest BCUT2D eigenvalue weighted by atomic mass is 79.9. The Hall–Kier alpha value is -1.14. The van der Waals surface area contributed by atoms with E-state index < -0.39 is 0 Å². The summed E-state index contributed by atoms with van der Waals surface area (Å²) in [5.41, 5.74) is 0.663. The molecule has 0 radical (unpaired) electrons. The van der Waals surface area contributed by atoms with Crippen LogP contribution in [-0.4, -0.2) is 60.4 Å². The van der Waals surface area contributed by atoms with E-state index in [-0.39, 0.29) is 5.91 Å². The molecule has 5 nitrogen and oxygen atoms in total. The van der Waals surface area contributed by atoms with Gasteiger partial charge >= 0.3 is 0 Å². The number of anilines is 1. The van der Waals surface area contributed by atoms with Gasteiger partial charge in [-0.05, 0) is 31.5 Å². The third-order valence-electron chi connectivity index (χ3n) is 7.25. The Kier molecular flexibility index (Phi) is 17.2. The number of rotatable bonds is 20. The number of amides is 1. The number of hydrogen-bond donors (Lipinski definition) is 1. The number of carbonyl (C=O) groups is 1. The van der Waals surface area contributed by atoms with Crippen molar-refractivity contribution in [3.05, 3.63) is 23.9 Å². The van der Waals surface area contributed by atoms with Crippen molar-refractivity contribution in [2.45, 2.75) is 103 Å². The van der Waals surface area contributed by atoms with Gasteiger partial charge in [-0.3, -0.25) is 4.79 Å². The minimum absolute atomic E-state index is 0.00112. The van der Waals surface area contributed by atoms with E-state index >= 15 is 0 Å². The van der Waals surface area contributed by atoms with Gasteiger partial charge in [0.15, 0.2) is 0 Å². The van der Waals surface area contributed by atoms with Crippen molar-refractivity contribution in [3.8, 4) is 0 Å². The Morgan fingerprint density at radius 1 is 0.800 bits per heavy atom. The SMILES string of the molecule is CCN1CCN(c2ccc(C(=O)NCCCCCCCCCCCCCCCCCBr)cn2)CC1. The minimum atomic E-state index is -0.00112. The fourth-order valence-electron chi connectivity index (χ4n) is 4.82. The third-order valence-corrected chi connectivity index (χ3v) is 7.81. The lowest BCUT2D eigenvalue weighted by Gasteiger charge is -2.34. The summed E-state index contributed by atoms with van der Waals surface area (Å²) in [7, 11) is 0. The lowest BCUT2D eigenvalue weighted by atomic mass is 10.0. The van der Waals surface area contributed by atoms with Crippen LogP contribution < -0.4 is 10.2 Å². The lowest BCUT2D eigenvalue weighted by molar-refractivity contribution is 0.0952. The van der Waals surface area contributed by atoms with Crippen LogP contribution >= 0.6 is 15.9 Å². The first kappa shape index (κ1) is 30.1. The Morgan fingerprint density at radius 3 is 1.77 bits per heavy atom. The topological polar surface area (TPSA) is 48.5 Å². The lowest BCUT2D eigenvalue weighted by Crippen LogP contribution is -2.46. The van der Waals surface area contributed by atoms with Gasteiger partial charge in [-0.15, -0.1) is 0 Å². The molecule has 0 spiro atoms. The van der Waals surface area contributed by atoms with E-state index in [9.17, 15) is 4.79 Å². The van der Waals surface area contributed by atoms with E-state index in [0.717, 1.165) is 56.8 Å². The maximum absolute atomic E-state index is 12.4. The van der Waals surface area contributed by atoms with Gasteiger partial charge in [0.05, 0.1) is 5.56 Å². The number of carbonyl (C=O) groups excluding carboxylic acids is 1. The smallest absolute Gasteiger partial charge is 0.252 e. The van der Waals surface area contributed by atoms with Crippen molar-refractivity contribution in [2.24, 2.45) is 0 Å². The summed E-state index contributed by atoms with van der Waals surface area (Å²) in [5, 5.41) is 4.22. The molecule has 1 fully saturated rings. The molecule has 1 aliphatic rings. The van der Waals surface area contributed by atoms with E-state index in [1.54, 1.807) is 6.20 Å². The van der Waals surface area contributed by atoms with E-state index in [1.807, 2.05) is 12.1 Å². The number of halogens is 1. The molecule has 0 atom stereocenters. The minimum Gasteiger partial charge on any atom is -0.354 e. The Morgan fingerprint density at radius 2 is 1.31 bits per heavy atom. The van der Waals surface area contributed by atoms with Gasteiger partial charge in [-0.2, -0.15) is 0 Å². The monoisotopic (exact) mass is 550 g/mol. The van der Waals surface area contributed by atoms with Crippen molar-refractivity contribution < 1.29 is 4.79 Å². The molecule has 1 aromatic rings. The zero-order chi connectivity index (χ0) is 25.0. The van der Waals surface area contributed by atoms with Gasteiger partial charge in [-0.25, -0.2) is 4.98 Å². The molecule has 0 aliphatic carbocycles. The number of unbranched alkanes of at least 4 members (excludes halogenated alkanes) is 14. The molecule has 1 saturated heterocycles.